The van der Waals surface area contributed by atoms with Gasteiger partial charge in [0.2, 0.25) is 5.91 Å². The summed E-state index contributed by atoms with van der Waals surface area (Å²) < 4.78 is 104. The molecule has 19 heteroatoms. The first-order chi connectivity index (χ1) is 24.6. The molecule has 1 aliphatic rings. The van der Waals surface area contributed by atoms with E-state index < -0.39 is 90.9 Å². The van der Waals surface area contributed by atoms with Crippen molar-refractivity contribution < 1.29 is 53.3 Å². The van der Waals surface area contributed by atoms with Gasteiger partial charge in [-0.3, -0.25) is 32.8 Å². The summed E-state index contributed by atoms with van der Waals surface area (Å²) in [6.45, 7) is 2.96. The molecule has 1 heterocycles. The van der Waals surface area contributed by atoms with Crippen LogP contribution in [0.5, 0.6) is 0 Å². The molecule has 0 saturated carbocycles. The van der Waals surface area contributed by atoms with Crippen LogP contribution in [-0.4, -0.2) is 61.0 Å². The van der Waals surface area contributed by atoms with Gasteiger partial charge >= 0.3 is 0 Å². The molecule has 5 aromatic rings. The van der Waals surface area contributed by atoms with Crippen molar-refractivity contribution in [1.82, 2.24) is 4.57 Å². The van der Waals surface area contributed by atoms with Crippen molar-refractivity contribution in [2.45, 2.75) is 28.5 Å². The van der Waals surface area contributed by atoms with Crippen LogP contribution in [0.4, 0.5) is 17.1 Å². The second-order valence-corrected chi connectivity index (χ2v) is 16.5. The Balaban J connectivity index is 1.68. The van der Waals surface area contributed by atoms with E-state index in [-0.39, 0.29) is 44.4 Å². The number of nitrogens with zero attached hydrogens (tertiary/aromatic N) is 1. The Morgan fingerprint density at radius 3 is 1.92 bits per heavy atom. The minimum Gasteiger partial charge on any atom is -0.354 e. The molecule has 1 aliphatic carbocycles. The summed E-state index contributed by atoms with van der Waals surface area (Å²) in [4.78, 5) is 52.3. The standard InChI is InChI=1S/C34H27N3O13S3/c1-16(2)33(40)36-23-14-22(25(52(45,46)47)15-26(23)53(48,49)50)35-21-11-12-24-29-27(19-9-4-5-10-20(19)32(39)28(21)29)30(34(41)37(24)3)31(38)17-7-6-8-18(13-17)51(42,43)44/h4-16,35H,1-3H3,(H,36,40)(H,42,43,44)(H,45,46,47)(H,48,49,50). The lowest BCUT2D eigenvalue weighted by atomic mass is 9.80. The maximum atomic E-state index is 14.3. The molecule has 0 atom stereocenters. The van der Waals surface area contributed by atoms with Gasteiger partial charge in [0, 0.05) is 35.0 Å². The molecule has 0 radical (unpaired) electrons. The normalized spacial score (nSPS) is 12.8. The maximum Gasteiger partial charge on any atom is 0.296 e. The van der Waals surface area contributed by atoms with Gasteiger partial charge in [0.15, 0.2) is 11.6 Å². The molecule has 53 heavy (non-hydrogen) atoms. The van der Waals surface area contributed by atoms with Crippen molar-refractivity contribution in [3.05, 3.63) is 105 Å². The summed E-state index contributed by atoms with van der Waals surface area (Å²) >= 11 is 0. The highest BCUT2D eigenvalue weighted by Gasteiger charge is 2.35. The van der Waals surface area contributed by atoms with E-state index in [1.54, 1.807) is 6.07 Å². The Bertz CT molecular complexity index is 2880. The Morgan fingerprint density at radius 2 is 1.32 bits per heavy atom. The molecule has 274 valence electrons. The highest BCUT2D eigenvalue weighted by molar-refractivity contribution is 7.87. The van der Waals surface area contributed by atoms with Gasteiger partial charge in [0.1, 0.15) is 9.79 Å². The number of ketones is 2. The fourth-order valence-corrected chi connectivity index (χ4v) is 7.95. The van der Waals surface area contributed by atoms with Crippen molar-refractivity contribution in [3.63, 3.8) is 0 Å². The number of carbonyl (C=O) groups is 3. The molecular weight excluding hydrogens is 755 g/mol. The quantitative estimate of drug-likeness (QED) is 0.102. The van der Waals surface area contributed by atoms with Crippen LogP contribution in [-0.2, 0) is 42.2 Å². The fraction of sp³-hybridized carbons (Fsp3) is 0.118. The number of hydrogen-bond acceptors (Lipinski definition) is 11. The summed E-state index contributed by atoms with van der Waals surface area (Å²) in [7, 11) is -13.9. The summed E-state index contributed by atoms with van der Waals surface area (Å²) in [6.07, 6.45) is 0. The predicted molar refractivity (Wildman–Crippen MR) is 191 cm³/mol. The largest absolute Gasteiger partial charge is 0.354 e. The van der Waals surface area contributed by atoms with Crippen LogP contribution in [0, 0.1) is 5.92 Å². The summed E-state index contributed by atoms with van der Waals surface area (Å²) in [6, 6.07) is 14.2. The van der Waals surface area contributed by atoms with E-state index in [1.807, 2.05) is 0 Å². The average Bonchev–Trinajstić information content (AvgIpc) is 3.07. The number of amides is 1. The van der Waals surface area contributed by atoms with E-state index >= 15 is 0 Å². The number of pyridine rings is 1. The van der Waals surface area contributed by atoms with Crippen molar-refractivity contribution in [2.75, 3.05) is 10.6 Å². The number of fused-ring (bicyclic) bond motifs is 2. The lowest BCUT2D eigenvalue weighted by molar-refractivity contribution is -0.118. The van der Waals surface area contributed by atoms with Crippen LogP contribution in [0.15, 0.2) is 92.3 Å². The van der Waals surface area contributed by atoms with Crippen molar-refractivity contribution >= 4 is 75.8 Å². The second kappa shape index (κ2) is 12.8. The van der Waals surface area contributed by atoms with Crippen LogP contribution in [0.2, 0.25) is 0 Å². The molecule has 16 nitrogen and oxygen atoms in total. The Morgan fingerprint density at radius 1 is 0.698 bits per heavy atom. The number of benzene rings is 4. The molecule has 6 rings (SSSR count). The van der Waals surface area contributed by atoms with Gasteiger partial charge < -0.3 is 15.2 Å². The van der Waals surface area contributed by atoms with Gasteiger partial charge in [-0.15, -0.1) is 0 Å². The third-order valence-corrected chi connectivity index (χ3v) is 11.2. The zero-order valence-corrected chi connectivity index (χ0v) is 30.1. The molecule has 0 bridgehead atoms. The average molecular weight is 782 g/mol. The van der Waals surface area contributed by atoms with Crippen LogP contribution in [0.1, 0.15) is 45.7 Å². The smallest absolute Gasteiger partial charge is 0.296 e. The number of anilines is 3. The third kappa shape index (κ3) is 6.53. The minimum atomic E-state index is -5.28. The molecular formula is C34H27N3O13S3. The van der Waals surface area contributed by atoms with E-state index in [2.05, 4.69) is 10.6 Å². The number of aromatic nitrogens is 1. The Hall–Kier alpha value is -5.57. The van der Waals surface area contributed by atoms with Crippen molar-refractivity contribution in [1.29, 1.82) is 0 Å². The molecule has 0 saturated heterocycles. The summed E-state index contributed by atoms with van der Waals surface area (Å²) in [5, 5.41) is 5.05. The molecule has 4 aromatic carbocycles. The first-order valence-corrected chi connectivity index (χ1v) is 19.6. The van der Waals surface area contributed by atoms with E-state index in [9.17, 15) is 58.1 Å². The van der Waals surface area contributed by atoms with Crippen molar-refractivity contribution in [2.24, 2.45) is 13.0 Å². The van der Waals surface area contributed by atoms with E-state index in [1.165, 1.54) is 63.4 Å². The number of hydrogen-bond donors (Lipinski definition) is 5. The lowest BCUT2D eigenvalue weighted by Crippen LogP contribution is -2.29. The van der Waals surface area contributed by atoms with E-state index in [0.29, 0.717) is 6.07 Å². The monoisotopic (exact) mass is 781 g/mol. The molecule has 0 fully saturated rings. The fourth-order valence-electron chi connectivity index (χ4n) is 6.03. The minimum absolute atomic E-state index is 0.00569. The van der Waals surface area contributed by atoms with Crippen molar-refractivity contribution in [3.8, 4) is 11.1 Å². The molecule has 0 unspecified atom stereocenters. The molecule has 1 amide bonds. The number of carbonyl (C=O) groups excluding carboxylic acids is 3. The van der Waals surface area contributed by atoms with Crippen LogP contribution in [0.3, 0.4) is 0 Å². The Kier molecular flexibility index (Phi) is 9.00. The van der Waals surface area contributed by atoms with Gasteiger partial charge in [-0.05, 0) is 42.0 Å². The van der Waals surface area contributed by atoms with Gasteiger partial charge in [0.25, 0.3) is 35.9 Å². The number of nitrogens with one attached hydrogen (secondary N) is 2. The SMILES string of the molecule is CC(C)C(=O)Nc1cc(Nc2ccc3c4c2C(=O)c2ccccc2-c4c(C(=O)c2cccc(S(=O)(=O)O)c2)c(=O)n3C)c(S(=O)(=O)O)cc1S(=O)(=O)O. The summed E-state index contributed by atoms with van der Waals surface area (Å²) in [5.74, 6) is -3.05. The highest BCUT2D eigenvalue weighted by atomic mass is 32.2. The predicted octanol–water partition coefficient (Wildman–Crippen LogP) is 4.06. The van der Waals surface area contributed by atoms with Gasteiger partial charge in [0.05, 0.1) is 38.6 Å². The van der Waals surface area contributed by atoms with Crippen LogP contribution >= 0.6 is 0 Å². The first-order valence-electron chi connectivity index (χ1n) is 15.3. The molecule has 0 aliphatic heterocycles. The highest BCUT2D eigenvalue weighted by Crippen LogP contribution is 2.45. The lowest BCUT2D eigenvalue weighted by Gasteiger charge is -2.26. The number of aryl methyl sites for hydroxylation is 1. The number of rotatable bonds is 9. The Labute approximate surface area is 301 Å². The van der Waals surface area contributed by atoms with Gasteiger partial charge in [-0.1, -0.05) is 50.2 Å². The molecule has 5 N–H and O–H groups in total. The third-order valence-electron chi connectivity index (χ3n) is 8.54. The summed E-state index contributed by atoms with van der Waals surface area (Å²) in [5.41, 5.74) is -2.79. The van der Waals surface area contributed by atoms with Gasteiger partial charge in [-0.25, -0.2) is 0 Å². The topological polar surface area (TPSA) is 260 Å². The second-order valence-electron chi connectivity index (χ2n) is 12.3. The zero-order valence-electron chi connectivity index (χ0n) is 27.6. The van der Waals surface area contributed by atoms with Gasteiger partial charge in [-0.2, -0.15) is 25.3 Å². The van der Waals surface area contributed by atoms with E-state index in [0.717, 1.165) is 22.8 Å². The van der Waals surface area contributed by atoms with Crippen LogP contribution < -0.4 is 16.2 Å². The molecule has 0 spiro atoms. The first kappa shape index (κ1) is 37.2. The van der Waals surface area contributed by atoms with E-state index in [4.69, 9.17) is 0 Å². The molecule has 1 aromatic heterocycles. The van der Waals surface area contributed by atoms with Crippen LogP contribution in [0.25, 0.3) is 22.0 Å². The maximum absolute atomic E-state index is 14.3. The zero-order chi connectivity index (χ0) is 38.9.